The van der Waals surface area contributed by atoms with Gasteiger partial charge in [-0.1, -0.05) is 42.5 Å². The number of methoxy groups -OCH3 is 2. The number of hydrogen-bond acceptors (Lipinski definition) is 5. The Morgan fingerprint density at radius 3 is 1.91 bits per heavy atom. The molecule has 33 heavy (non-hydrogen) atoms. The molecule has 0 fully saturated rings. The average molecular weight is 448 g/mol. The molecule has 0 bridgehead atoms. The second-order valence-corrected chi connectivity index (χ2v) is 7.04. The molecule has 0 saturated carbocycles. The van der Waals surface area contributed by atoms with Crippen LogP contribution >= 0.6 is 0 Å². The Bertz CT molecular complexity index is 1310. The Kier molecular flexibility index (Phi) is 5.99. The molecule has 8 heteroatoms. The van der Waals surface area contributed by atoms with E-state index >= 15 is 0 Å². The van der Waals surface area contributed by atoms with Gasteiger partial charge in [0.05, 0.1) is 19.9 Å². The summed E-state index contributed by atoms with van der Waals surface area (Å²) in [5.41, 5.74) is 2.02. The van der Waals surface area contributed by atoms with Crippen LogP contribution < -0.4 is 0 Å². The molecule has 0 spiro atoms. The quantitative estimate of drug-likeness (QED) is 0.399. The van der Waals surface area contributed by atoms with E-state index in [1.807, 2.05) is 0 Å². The Labute approximate surface area is 188 Å². The predicted molar refractivity (Wildman–Crippen MR) is 117 cm³/mol. The number of halogens is 2. The molecule has 0 atom stereocenters. The van der Waals surface area contributed by atoms with Crippen molar-refractivity contribution in [1.29, 1.82) is 0 Å². The van der Waals surface area contributed by atoms with Crippen LogP contribution in [0.5, 0.6) is 0 Å². The number of para-hydroxylation sites is 1. The standard InChI is InChI=1S/C25H18F2N2O4/c1-32-24(30)21-22(28-29(23(21)25(31)33-2)20-6-4-3-5-7-20)16-10-8-15(9-11-16)17-12-18(26)14-19(27)13-17/h3-14H,1-2H3. The van der Waals surface area contributed by atoms with Crippen LogP contribution in [0.15, 0.2) is 72.8 Å². The fourth-order valence-electron chi connectivity index (χ4n) is 3.50. The van der Waals surface area contributed by atoms with Gasteiger partial charge in [-0.3, -0.25) is 0 Å². The summed E-state index contributed by atoms with van der Waals surface area (Å²) in [6, 6.07) is 18.6. The molecular weight excluding hydrogens is 430 g/mol. The minimum atomic E-state index is -0.760. The fourth-order valence-corrected chi connectivity index (χ4v) is 3.50. The second kappa shape index (κ2) is 9.04. The molecule has 0 radical (unpaired) electrons. The number of benzene rings is 3. The molecule has 4 rings (SSSR count). The lowest BCUT2D eigenvalue weighted by Crippen LogP contribution is -2.15. The summed E-state index contributed by atoms with van der Waals surface area (Å²) in [6.45, 7) is 0. The van der Waals surface area contributed by atoms with Gasteiger partial charge in [-0.2, -0.15) is 5.10 Å². The summed E-state index contributed by atoms with van der Waals surface area (Å²) >= 11 is 0. The van der Waals surface area contributed by atoms with Crippen molar-refractivity contribution < 1.29 is 27.8 Å². The van der Waals surface area contributed by atoms with Crippen molar-refractivity contribution in [1.82, 2.24) is 9.78 Å². The zero-order valence-corrected chi connectivity index (χ0v) is 17.7. The Balaban J connectivity index is 1.89. The van der Waals surface area contributed by atoms with Gasteiger partial charge in [0.1, 0.15) is 22.9 Å². The highest BCUT2D eigenvalue weighted by molar-refractivity contribution is 6.06. The highest BCUT2D eigenvalue weighted by Crippen LogP contribution is 2.31. The van der Waals surface area contributed by atoms with Crippen LogP contribution in [-0.2, 0) is 9.47 Å². The molecule has 3 aromatic carbocycles. The summed E-state index contributed by atoms with van der Waals surface area (Å²) in [7, 11) is 2.41. The normalized spacial score (nSPS) is 10.7. The van der Waals surface area contributed by atoms with Crippen LogP contribution in [0.3, 0.4) is 0 Å². The zero-order valence-electron chi connectivity index (χ0n) is 17.7. The molecule has 0 amide bonds. The van der Waals surface area contributed by atoms with Gasteiger partial charge < -0.3 is 9.47 Å². The third-order valence-electron chi connectivity index (χ3n) is 5.01. The summed E-state index contributed by atoms with van der Waals surface area (Å²) in [5.74, 6) is -2.90. The maximum atomic E-state index is 13.6. The molecule has 6 nitrogen and oxygen atoms in total. The third kappa shape index (κ3) is 4.23. The van der Waals surface area contributed by atoms with Crippen molar-refractivity contribution >= 4 is 11.9 Å². The molecule has 1 aromatic heterocycles. The van der Waals surface area contributed by atoms with E-state index in [2.05, 4.69) is 5.10 Å². The van der Waals surface area contributed by atoms with E-state index in [0.717, 1.165) is 6.07 Å². The first-order valence-electron chi connectivity index (χ1n) is 9.85. The minimum absolute atomic E-state index is 0.0576. The Hall–Kier alpha value is -4.33. The lowest BCUT2D eigenvalue weighted by molar-refractivity contribution is 0.0549. The van der Waals surface area contributed by atoms with E-state index in [1.165, 1.54) is 31.0 Å². The molecule has 166 valence electrons. The van der Waals surface area contributed by atoms with Crippen LogP contribution in [-0.4, -0.2) is 35.9 Å². The molecule has 4 aromatic rings. The lowest BCUT2D eigenvalue weighted by atomic mass is 10.0. The van der Waals surface area contributed by atoms with Crippen molar-refractivity contribution in [2.75, 3.05) is 14.2 Å². The number of nitrogens with zero attached hydrogens (tertiary/aromatic N) is 2. The van der Waals surface area contributed by atoms with Gasteiger partial charge in [0.15, 0.2) is 5.69 Å². The topological polar surface area (TPSA) is 70.4 Å². The van der Waals surface area contributed by atoms with Crippen molar-refractivity contribution in [2.45, 2.75) is 0 Å². The summed E-state index contributed by atoms with van der Waals surface area (Å²) in [4.78, 5) is 25.3. The maximum Gasteiger partial charge on any atom is 0.357 e. The summed E-state index contributed by atoms with van der Waals surface area (Å²) in [6.07, 6.45) is 0. The monoisotopic (exact) mass is 448 g/mol. The van der Waals surface area contributed by atoms with Gasteiger partial charge in [0.2, 0.25) is 0 Å². The highest BCUT2D eigenvalue weighted by Gasteiger charge is 2.31. The van der Waals surface area contributed by atoms with Gasteiger partial charge >= 0.3 is 11.9 Å². The molecule has 0 aliphatic rings. The first-order chi connectivity index (χ1) is 15.9. The van der Waals surface area contributed by atoms with Gasteiger partial charge in [-0.25, -0.2) is 23.1 Å². The van der Waals surface area contributed by atoms with E-state index in [9.17, 15) is 18.4 Å². The van der Waals surface area contributed by atoms with Crippen LogP contribution in [0.4, 0.5) is 8.78 Å². The Morgan fingerprint density at radius 2 is 1.33 bits per heavy atom. The van der Waals surface area contributed by atoms with E-state index in [4.69, 9.17) is 9.47 Å². The van der Waals surface area contributed by atoms with Gasteiger partial charge in [0, 0.05) is 11.6 Å². The molecule has 0 aliphatic heterocycles. The first kappa shape index (κ1) is 21.9. The van der Waals surface area contributed by atoms with E-state index in [1.54, 1.807) is 54.6 Å². The largest absolute Gasteiger partial charge is 0.465 e. The Morgan fingerprint density at radius 1 is 0.758 bits per heavy atom. The van der Waals surface area contributed by atoms with Crippen LogP contribution in [0.25, 0.3) is 28.1 Å². The summed E-state index contributed by atoms with van der Waals surface area (Å²) in [5, 5.41) is 4.51. The molecule has 0 unspecified atom stereocenters. The van der Waals surface area contributed by atoms with Crippen molar-refractivity contribution in [2.24, 2.45) is 0 Å². The van der Waals surface area contributed by atoms with E-state index in [-0.39, 0.29) is 17.0 Å². The minimum Gasteiger partial charge on any atom is -0.465 e. The maximum absolute atomic E-state index is 13.6. The second-order valence-electron chi connectivity index (χ2n) is 7.04. The van der Waals surface area contributed by atoms with Gasteiger partial charge in [0.25, 0.3) is 0 Å². The van der Waals surface area contributed by atoms with Crippen LogP contribution in [0, 0.1) is 11.6 Å². The van der Waals surface area contributed by atoms with Crippen molar-refractivity contribution in [3.63, 3.8) is 0 Å². The number of hydrogen-bond donors (Lipinski definition) is 0. The first-order valence-corrected chi connectivity index (χ1v) is 9.85. The number of esters is 2. The molecule has 0 N–H and O–H groups in total. The number of carbonyl (C=O) groups excluding carboxylic acids is 2. The molecular formula is C25H18F2N2O4. The van der Waals surface area contributed by atoms with E-state index < -0.39 is 23.6 Å². The number of carbonyl (C=O) groups is 2. The van der Waals surface area contributed by atoms with Gasteiger partial charge in [-0.15, -0.1) is 0 Å². The molecule has 0 saturated heterocycles. The van der Waals surface area contributed by atoms with Crippen molar-refractivity contribution in [3.8, 4) is 28.1 Å². The van der Waals surface area contributed by atoms with Crippen LogP contribution in [0.1, 0.15) is 20.8 Å². The SMILES string of the molecule is COC(=O)c1c(-c2ccc(-c3cc(F)cc(F)c3)cc2)nn(-c2ccccc2)c1C(=O)OC. The van der Waals surface area contributed by atoms with Crippen LogP contribution in [0.2, 0.25) is 0 Å². The smallest absolute Gasteiger partial charge is 0.357 e. The zero-order chi connectivity index (χ0) is 23.5. The average Bonchev–Trinajstić information content (AvgIpc) is 3.24. The van der Waals surface area contributed by atoms with E-state index in [0.29, 0.717) is 22.4 Å². The fraction of sp³-hybridized carbons (Fsp3) is 0.0800. The number of aromatic nitrogens is 2. The number of ether oxygens (including phenoxy) is 2. The summed E-state index contributed by atoms with van der Waals surface area (Å²) < 4.78 is 38.4. The highest BCUT2D eigenvalue weighted by atomic mass is 19.1. The number of rotatable bonds is 5. The molecule has 1 heterocycles. The van der Waals surface area contributed by atoms with Crippen molar-refractivity contribution in [3.05, 3.63) is 95.7 Å². The predicted octanol–water partition coefficient (Wildman–Crippen LogP) is 5.06. The molecule has 0 aliphatic carbocycles. The third-order valence-corrected chi connectivity index (χ3v) is 5.01. The van der Waals surface area contributed by atoms with Gasteiger partial charge in [-0.05, 0) is 35.4 Å². The lowest BCUT2D eigenvalue weighted by Gasteiger charge is -2.07.